The van der Waals surface area contributed by atoms with Crippen molar-refractivity contribution in [1.82, 2.24) is 10.9 Å². The molecule has 0 unspecified atom stereocenters. The summed E-state index contributed by atoms with van der Waals surface area (Å²) in [5.41, 5.74) is 5.92. The van der Waals surface area contributed by atoms with E-state index in [1.807, 2.05) is 19.1 Å². The summed E-state index contributed by atoms with van der Waals surface area (Å²) in [4.78, 5) is 24.0. The van der Waals surface area contributed by atoms with E-state index in [2.05, 4.69) is 42.7 Å². The molecule has 0 saturated heterocycles. The molecule has 0 atom stereocenters. The lowest BCUT2D eigenvalue weighted by Gasteiger charge is -2.11. The molecular formula is C17H16Br2N2O4. The summed E-state index contributed by atoms with van der Waals surface area (Å²) in [7, 11) is 1.46. The molecule has 0 aliphatic heterocycles. The highest BCUT2D eigenvalue weighted by Crippen LogP contribution is 2.23. The van der Waals surface area contributed by atoms with Gasteiger partial charge in [0.2, 0.25) is 0 Å². The third kappa shape index (κ3) is 5.47. The second-order valence-corrected chi connectivity index (χ2v) is 6.82. The Labute approximate surface area is 162 Å². The topological polar surface area (TPSA) is 76.7 Å². The highest BCUT2D eigenvalue weighted by Gasteiger charge is 2.14. The van der Waals surface area contributed by atoms with Gasteiger partial charge in [-0.25, -0.2) is 0 Å². The zero-order valence-electron chi connectivity index (χ0n) is 13.6. The number of nitrogens with one attached hydrogen (secondary N) is 2. The van der Waals surface area contributed by atoms with Crippen LogP contribution in [0.5, 0.6) is 11.5 Å². The summed E-state index contributed by atoms with van der Waals surface area (Å²) in [5.74, 6) is -0.0127. The van der Waals surface area contributed by atoms with E-state index in [1.54, 1.807) is 24.3 Å². The molecule has 0 aromatic heterocycles. The molecule has 0 heterocycles. The highest BCUT2D eigenvalue weighted by molar-refractivity contribution is 9.10. The number of aryl methyl sites for hydroxylation is 1. The van der Waals surface area contributed by atoms with Gasteiger partial charge in [-0.3, -0.25) is 20.4 Å². The Bertz CT molecular complexity index is 796. The average Bonchev–Trinajstić information content (AvgIpc) is 2.60. The van der Waals surface area contributed by atoms with E-state index in [0.29, 0.717) is 17.1 Å². The van der Waals surface area contributed by atoms with E-state index in [1.165, 1.54) is 7.11 Å². The van der Waals surface area contributed by atoms with E-state index in [0.717, 1.165) is 14.5 Å². The van der Waals surface area contributed by atoms with E-state index < -0.39 is 11.8 Å². The van der Waals surface area contributed by atoms with E-state index in [4.69, 9.17) is 9.47 Å². The third-order valence-corrected chi connectivity index (χ3v) is 4.60. The normalized spacial score (nSPS) is 10.1. The van der Waals surface area contributed by atoms with Gasteiger partial charge in [-0.1, -0.05) is 31.9 Å². The lowest BCUT2D eigenvalue weighted by Crippen LogP contribution is -2.43. The first-order chi connectivity index (χ1) is 11.9. The Balaban J connectivity index is 1.88. The molecule has 2 aromatic carbocycles. The van der Waals surface area contributed by atoms with E-state index in [-0.39, 0.29) is 6.61 Å². The first-order valence-corrected chi connectivity index (χ1v) is 8.81. The van der Waals surface area contributed by atoms with Gasteiger partial charge in [0.05, 0.1) is 12.7 Å². The van der Waals surface area contributed by atoms with Gasteiger partial charge in [-0.2, -0.15) is 0 Å². The summed E-state index contributed by atoms with van der Waals surface area (Å²) < 4.78 is 12.2. The van der Waals surface area contributed by atoms with Crippen LogP contribution < -0.4 is 20.3 Å². The summed E-state index contributed by atoms with van der Waals surface area (Å²) in [6, 6.07) is 10.4. The molecule has 2 N–H and O–H groups in total. The van der Waals surface area contributed by atoms with E-state index in [9.17, 15) is 9.59 Å². The predicted octanol–water partition coefficient (Wildman–Crippen LogP) is 3.37. The number of hydrogen-bond donors (Lipinski definition) is 2. The monoisotopic (exact) mass is 470 g/mol. The van der Waals surface area contributed by atoms with Crippen molar-refractivity contribution in [3.8, 4) is 11.5 Å². The van der Waals surface area contributed by atoms with Gasteiger partial charge < -0.3 is 9.47 Å². The molecule has 8 heteroatoms. The maximum atomic E-state index is 12.2. The van der Waals surface area contributed by atoms with Crippen LogP contribution >= 0.6 is 31.9 Å². The number of methoxy groups -OCH3 is 1. The van der Waals surface area contributed by atoms with Crippen molar-refractivity contribution in [2.45, 2.75) is 6.92 Å². The third-order valence-electron chi connectivity index (χ3n) is 3.22. The summed E-state index contributed by atoms with van der Waals surface area (Å²) in [5, 5.41) is 0. The van der Waals surface area contributed by atoms with Gasteiger partial charge in [-0.05, 0) is 48.9 Å². The Hall–Kier alpha value is -2.06. The molecule has 2 rings (SSSR count). The van der Waals surface area contributed by atoms with Gasteiger partial charge in [0.1, 0.15) is 11.5 Å². The van der Waals surface area contributed by atoms with Crippen molar-refractivity contribution < 1.29 is 19.1 Å². The lowest BCUT2D eigenvalue weighted by molar-refractivity contribution is -0.123. The summed E-state index contributed by atoms with van der Waals surface area (Å²) >= 11 is 6.68. The molecule has 25 heavy (non-hydrogen) atoms. The zero-order valence-corrected chi connectivity index (χ0v) is 16.7. The van der Waals surface area contributed by atoms with Gasteiger partial charge >= 0.3 is 0 Å². The molecule has 0 aliphatic rings. The number of amides is 2. The van der Waals surface area contributed by atoms with Crippen LogP contribution in [0.15, 0.2) is 45.3 Å². The molecule has 132 valence electrons. The van der Waals surface area contributed by atoms with Crippen LogP contribution in [0.25, 0.3) is 0 Å². The summed E-state index contributed by atoms with van der Waals surface area (Å²) in [6.45, 7) is 1.69. The van der Waals surface area contributed by atoms with Crippen molar-refractivity contribution >= 4 is 43.7 Å². The Morgan fingerprint density at radius 3 is 2.52 bits per heavy atom. The van der Waals surface area contributed by atoms with Gasteiger partial charge in [-0.15, -0.1) is 0 Å². The number of carbonyl (C=O) groups is 2. The van der Waals surface area contributed by atoms with Crippen LogP contribution in [0.2, 0.25) is 0 Å². The van der Waals surface area contributed by atoms with Crippen molar-refractivity contribution in [2.75, 3.05) is 13.7 Å². The molecule has 0 radical (unpaired) electrons. The lowest BCUT2D eigenvalue weighted by atomic mass is 10.2. The van der Waals surface area contributed by atoms with Gasteiger partial charge in [0.25, 0.3) is 11.8 Å². The molecule has 2 aromatic rings. The van der Waals surface area contributed by atoms with Crippen LogP contribution in [0.3, 0.4) is 0 Å². The summed E-state index contributed by atoms with van der Waals surface area (Å²) in [6.07, 6.45) is 0. The van der Waals surface area contributed by atoms with Gasteiger partial charge in [0.15, 0.2) is 6.61 Å². The Kier molecular flexibility index (Phi) is 6.83. The number of hydrogen-bond acceptors (Lipinski definition) is 4. The molecule has 0 saturated carbocycles. The highest BCUT2D eigenvalue weighted by atomic mass is 79.9. The minimum atomic E-state index is -0.494. The van der Waals surface area contributed by atoms with E-state index >= 15 is 0 Å². The molecular weight excluding hydrogens is 456 g/mol. The van der Waals surface area contributed by atoms with Crippen LogP contribution in [0, 0.1) is 6.92 Å². The first kappa shape index (κ1) is 19.3. The van der Waals surface area contributed by atoms with Gasteiger partial charge in [0, 0.05) is 8.95 Å². The number of halogens is 2. The largest absolute Gasteiger partial charge is 0.496 e. The van der Waals surface area contributed by atoms with Crippen LogP contribution in [0.4, 0.5) is 0 Å². The Morgan fingerprint density at radius 2 is 1.84 bits per heavy atom. The molecule has 0 bridgehead atoms. The van der Waals surface area contributed by atoms with Crippen LogP contribution in [-0.4, -0.2) is 25.5 Å². The fourth-order valence-corrected chi connectivity index (χ4v) is 2.55. The first-order valence-electron chi connectivity index (χ1n) is 7.22. The zero-order chi connectivity index (χ0) is 18.4. The molecule has 6 nitrogen and oxygen atoms in total. The number of rotatable bonds is 5. The standard InChI is InChI=1S/C17H16Br2N2O4/c1-10-7-12(4-5-14(10)19)25-9-16(22)20-21-17(23)13-8-11(18)3-6-15(13)24-2/h3-8H,9H2,1-2H3,(H,20,22)(H,21,23). The van der Waals surface area contributed by atoms with Crippen molar-refractivity contribution in [2.24, 2.45) is 0 Å². The van der Waals surface area contributed by atoms with Crippen LogP contribution in [-0.2, 0) is 4.79 Å². The smallest absolute Gasteiger partial charge is 0.276 e. The fourth-order valence-electron chi connectivity index (χ4n) is 1.94. The Morgan fingerprint density at radius 1 is 1.08 bits per heavy atom. The maximum Gasteiger partial charge on any atom is 0.276 e. The second kappa shape index (κ2) is 8.87. The number of benzene rings is 2. The van der Waals surface area contributed by atoms with Crippen molar-refractivity contribution in [1.29, 1.82) is 0 Å². The number of ether oxygens (including phenoxy) is 2. The number of hydrazine groups is 1. The van der Waals surface area contributed by atoms with Crippen LogP contribution in [0.1, 0.15) is 15.9 Å². The molecule has 0 spiro atoms. The quantitative estimate of drug-likeness (QED) is 0.655. The molecule has 0 fully saturated rings. The maximum absolute atomic E-state index is 12.2. The minimum Gasteiger partial charge on any atom is -0.496 e. The SMILES string of the molecule is COc1ccc(Br)cc1C(=O)NNC(=O)COc1ccc(Br)c(C)c1. The average molecular weight is 472 g/mol. The number of carbonyl (C=O) groups excluding carboxylic acids is 2. The minimum absolute atomic E-state index is 0.225. The fraction of sp³-hybridized carbons (Fsp3) is 0.176. The predicted molar refractivity (Wildman–Crippen MR) is 101 cm³/mol. The molecule has 0 aliphatic carbocycles. The van der Waals surface area contributed by atoms with Crippen molar-refractivity contribution in [3.05, 3.63) is 56.5 Å². The van der Waals surface area contributed by atoms with Crippen molar-refractivity contribution in [3.63, 3.8) is 0 Å². The second-order valence-electron chi connectivity index (χ2n) is 5.05. The molecule has 2 amide bonds.